The minimum Gasteiger partial charge on any atom is -0.481 e. The van der Waals surface area contributed by atoms with Crippen molar-refractivity contribution < 1.29 is 39.3 Å². The molecular weight excluding hydrogens is 189 g/mol. The Bertz CT molecular complexity index is 152. The van der Waals surface area contributed by atoms with Gasteiger partial charge in [-0.15, -0.1) is 0 Å². The van der Waals surface area contributed by atoms with E-state index in [1.807, 2.05) is 0 Å². The topological polar surface area (TPSA) is 74.6 Å². The molecule has 10 heavy (non-hydrogen) atoms. The molecule has 0 aromatic rings. The van der Waals surface area contributed by atoms with Crippen molar-refractivity contribution >= 4 is 11.9 Å². The maximum Gasteiger partial charge on any atom is 0.327 e. The second-order valence-corrected chi connectivity index (χ2v) is 1.34. The second kappa shape index (κ2) is 6.42. The first-order valence-corrected chi connectivity index (χ1v) is 2.24. The van der Waals surface area contributed by atoms with Gasteiger partial charge in [-0.2, -0.15) is 0 Å². The van der Waals surface area contributed by atoms with E-state index in [0.29, 0.717) is 0 Å². The van der Waals surface area contributed by atoms with E-state index in [1.54, 1.807) is 0 Å². The summed E-state index contributed by atoms with van der Waals surface area (Å²) in [6, 6.07) is 0. The van der Waals surface area contributed by atoms with Crippen molar-refractivity contribution in [3.8, 4) is 0 Å². The molecule has 0 aliphatic carbocycles. The van der Waals surface area contributed by atoms with Crippen LogP contribution in [0.5, 0.6) is 0 Å². The van der Waals surface area contributed by atoms with Crippen LogP contribution in [-0.4, -0.2) is 22.2 Å². The average Bonchev–Trinajstić information content (AvgIpc) is 1.63. The van der Waals surface area contributed by atoms with E-state index in [0.717, 1.165) is 12.2 Å². The third-order valence-corrected chi connectivity index (χ3v) is 0.553. The Hall–Kier alpha value is -0.697. The van der Waals surface area contributed by atoms with Crippen molar-refractivity contribution in [3.63, 3.8) is 0 Å². The number of carbonyl (C=O) groups is 2. The van der Waals surface area contributed by atoms with Crippen molar-refractivity contribution in [2.24, 2.45) is 0 Å². The van der Waals surface area contributed by atoms with E-state index < -0.39 is 11.9 Å². The molecule has 0 aliphatic rings. The molecule has 5 heteroatoms. The van der Waals surface area contributed by atoms with Gasteiger partial charge in [0.05, 0.1) is 6.42 Å². The fourth-order valence-corrected chi connectivity index (χ4v) is 0.261. The third kappa shape index (κ3) is 10.3. The smallest absolute Gasteiger partial charge is 0.327 e. The summed E-state index contributed by atoms with van der Waals surface area (Å²) in [6.07, 6.45) is 1.63. The molecule has 0 saturated carbocycles. The fraction of sp³-hybridized carbons (Fsp3) is 0.200. The largest absolute Gasteiger partial charge is 0.481 e. The van der Waals surface area contributed by atoms with E-state index in [-0.39, 0.29) is 25.9 Å². The standard InChI is InChI=1S/C5H6O4.Zn/c6-4(7)2-1-3-5(8)9;/h1-2H,3H2,(H,6,7)(H,8,9);. The van der Waals surface area contributed by atoms with Crippen LogP contribution in [0.4, 0.5) is 0 Å². The van der Waals surface area contributed by atoms with Crippen LogP contribution in [-0.2, 0) is 29.1 Å². The molecule has 52 valence electrons. The molecule has 0 saturated heterocycles. The van der Waals surface area contributed by atoms with Gasteiger partial charge in [0.2, 0.25) is 0 Å². The molecule has 0 aromatic heterocycles. The zero-order valence-corrected chi connectivity index (χ0v) is 8.25. The van der Waals surface area contributed by atoms with Gasteiger partial charge in [0.15, 0.2) is 0 Å². The molecule has 0 spiro atoms. The van der Waals surface area contributed by atoms with Crippen LogP contribution < -0.4 is 0 Å². The van der Waals surface area contributed by atoms with Gasteiger partial charge in [-0.1, -0.05) is 6.08 Å². The summed E-state index contributed by atoms with van der Waals surface area (Å²) in [5.41, 5.74) is 0. The monoisotopic (exact) mass is 194 g/mol. The Morgan fingerprint density at radius 2 is 1.80 bits per heavy atom. The molecule has 0 amide bonds. The van der Waals surface area contributed by atoms with Crippen LogP contribution in [0.3, 0.4) is 0 Å². The van der Waals surface area contributed by atoms with Crippen molar-refractivity contribution in [2.75, 3.05) is 0 Å². The van der Waals surface area contributed by atoms with Crippen LogP contribution in [0, 0.1) is 0 Å². The molecule has 0 rings (SSSR count). The molecule has 0 fully saturated rings. The molecule has 0 unspecified atom stereocenters. The number of hydrogen-bond donors (Lipinski definition) is 2. The van der Waals surface area contributed by atoms with Gasteiger partial charge in [0, 0.05) is 25.6 Å². The van der Waals surface area contributed by atoms with Gasteiger partial charge >= 0.3 is 11.9 Å². The maximum atomic E-state index is 9.74. The summed E-state index contributed by atoms with van der Waals surface area (Å²) in [5, 5.41) is 15.9. The summed E-state index contributed by atoms with van der Waals surface area (Å²) >= 11 is 0. The predicted octanol–water partition coefficient (Wildman–Crippen LogP) is 0.0994. The summed E-state index contributed by atoms with van der Waals surface area (Å²) in [5.74, 6) is -2.16. The number of carboxylic acid groups (broad SMARTS) is 2. The van der Waals surface area contributed by atoms with E-state index in [9.17, 15) is 9.59 Å². The SMILES string of the molecule is O=C(O)C=CCC(=O)O.[Zn]. The molecular formula is C5H6O4Zn. The number of aliphatic carboxylic acids is 2. The summed E-state index contributed by atoms with van der Waals surface area (Å²) < 4.78 is 0. The van der Waals surface area contributed by atoms with Gasteiger partial charge < -0.3 is 10.2 Å². The third-order valence-electron chi connectivity index (χ3n) is 0.553. The van der Waals surface area contributed by atoms with Gasteiger partial charge in [-0.25, -0.2) is 4.79 Å². The van der Waals surface area contributed by atoms with E-state index in [1.165, 1.54) is 0 Å². The Labute approximate surface area is 70.3 Å². The first kappa shape index (κ1) is 12.0. The fourth-order valence-electron chi connectivity index (χ4n) is 0.261. The normalized spacial score (nSPS) is 8.80. The predicted molar refractivity (Wildman–Crippen MR) is 29.0 cm³/mol. The van der Waals surface area contributed by atoms with Crippen LogP contribution in [0.2, 0.25) is 0 Å². The Balaban J connectivity index is 0. The Morgan fingerprint density at radius 1 is 1.30 bits per heavy atom. The summed E-state index contributed by atoms with van der Waals surface area (Å²) in [6.45, 7) is 0. The van der Waals surface area contributed by atoms with Gasteiger partial charge in [0.25, 0.3) is 0 Å². The molecule has 0 aromatic carbocycles. The zero-order chi connectivity index (χ0) is 7.28. The first-order valence-electron chi connectivity index (χ1n) is 2.24. The number of hydrogen-bond acceptors (Lipinski definition) is 2. The van der Waals surface area contributed by atoms with Gasteiger partial charge in [0.1, 0.15) is 0 Å². The van der Waals surface area contributed by atoms with Crippen molar-refractivity contribution in [3.05, 3.63) is 12.2 Å². The zero-order valence-electron chi connectivity index (χ0n) is 5.28. The molecule has 0 atom stereocenters. The van der Waals surface area contributed by atoms with Crippen LogP contribution in [0.15, 0.2) is 12.2 Å². The minimum absolute atomic E-state index is 0. The Morgan fingerprint density at radius 3 is 2.10 bits per heavy atom. The number of rotatable bonds is 3. The average molecular weight is 195 g/mol. The van der Waals surface area contributed by atoms with Crippen molar-refractivity contribution in [1.82, 2.24) is 0 Å². The maximum absolute atomic E-state index is 9.74. The molecule has 0 radical (unpaired) electrons. The molecule has 0 heterocycles. The van der Waals surface area contributed by atoms with E-state index >= 15 is 0 Å². The van der Waals surface area contributed by atoms with E-state index in [4.69, 9.17) is 10.2 Å². The van der Waals surface area contributed by atoms with Crippen molar-refractivity contribution in [2.45, 2.75) is 6.42 Å². The van der Waals surface area contributed by atoms with Gasteiger partial charge in [-0.05, 0) is 0 Å². The summed E-state index contributed by atoms with van der Waals surface area (Å²) in [4.78, 5) is 19.4. The molecule has 0 bridgehead atoms. The number of carboxylic acids is 2. The van der Waals surface area contributed by atoms with Crippen LogP contribution in [0.1, 0.15) is 6.42 Å². The van der Waals surface area contributed by atoms with E-state index in [2.05, 4.69) is 0 Å². The van der Waals surface area contributed by atoms with Crippen LogP contribution in [0.25, 0.3) is 0 Å². The van der Waals surface area contributed by atoms with Gasteiger partial charge in [-0.3, -0.25) is 4.79 Å². The first-order chi connectivity index (χ1) is 4.13. The van der Waals surface area contributed by atoms with Crippen molar-refractivity contribution in [1.29, 1.82) is 0 Å². The Kier molecular flexibility index (Phi) is 7.72. The molecule has 0 aliphatic heterocycles. The summed E-state index contributed by atoms with van der Waals surface area (Å²) in [7, 11) is 0. The second-order valence-electron chi connectivity index (χ2n) is 1.34. The van der Waals surface area contributed by atoms with Crippen LogP contribution >= 0.6 is 0 Å². The quantitative estimate of drug-likeness (QED) is 0.495. The minimum atomic E-state index is -1.13. The molecule has 4 nitrogen and oxygen atoms in total. The molecule has 2 N–H and O–H groups in total.